The van der Waals surface area contributed by atoms with Crippen molar-refractivity contribution in [2.75, 3.05) is 26.2 Å². The number of halogens is 2. The lowest BCUT2D eigenvalue weighted by molar-refractivity contribution is 0.165. The van der Waals surface area contributed by atoms with Crippen molar-refractivity contribution in [3.8, 4) is 0 Å². The first kappa shape index (κ1) is 15.0. The zero-order valence-electron chi connectivity index (χ0n) is 10.7. The van der Waals surface area contributed by atoms with Crippen molar-refractivity contribution in [2.45, 2.75) is 32.2 Å². The maximum Gasteiger partial charge on any atom is 0.0843 e. The summed E-state index contributed by atoms with van der Waals surface area (Å²) in [4.78, 5) is 4.13. The molecule has 1 atom stereocenters. The van der Waals surface area contributed by atoms with E-state index in [9.17, 15) is 0 Å². The molecule has 1 aromatic rings. The molecule has 5 heteroatoms. The van der Waals surface area contributed by atoms with Gasteiger partial charge in [0.2, 0.25) is 0 Å². The Labute approximate surface area is 130 Å². The Morgan fingerprint density at radius 3 is 2.67 bits per heavy atom. The number of nitrogens with one attached hydrogen (secondary N) is 1. The fourth-order valence-electron chi connectivity index (χ4n) is 2.42. The molecule has 18 heavy (non-hydrogen) atoms. The van der Waals surface area contributed by atoms with Gasteiger partial charge in [-0.15, -0.1) is 11.3 Å². The molecule has 1 aromatic heterocycles. The minimum Gasteiger partial charge on any atom is -0.314 e. The smallest absolute Gasteiger partial charge is 0.0843 e. The molecule has 0 unspecified atom stereocenters. The molecule has 0 amide bonds. The van der Waals surface area contributed by atoms with Gasteiger partial charge in [0, 0.05) is 41.6 Å². The lowest BCUT2D eigenvalue weighted by Gasteiger charge is -2.34. The molecule has 0 radical (unpaired) electrons. The quantitative estimate of drug-likeness (QED) is 0.794. The van der Waals surface area contributed by atoms with Crippen LogP contribution in [0.5, 0.6) is 0 Å². The van der Waals surface area contributed by atoms with Gasteiger partial charge >= 0.3 is 0 Å². The van der Waals surface area contributed by atoms with Crippen molar-refractivity contribution in [3.05, 3.63) is 19.2 Å². The minimum atomic E-state index is 0.597. The Morgan fingerprint density at radius 1 is 1.39 bits per heavy atom. The van der Waals surface area contributed by atoms with Crippen LogP contribution in [0.3, 0.4) is 0 Å². The summed E-state index contributed by atoms with van der Waals surface area (Å²) < 4.78 is 2.41. The Morgan fingerprint density at radius 2 is 2.11 bits per heavy atom. The van der Waals surface area contributed by atoms with E-state index in [0.717, 1.165) is 13.1 Å². The second kappa shape index (κ2) is 7.39. The number of thiophene rings is 1. The highest BCUT2D eigenvalue weighted by atomic mass is 79.9. The van der Waals surface area contributed by atoms with Crippen LogP contribution in [0, 0.1) is 0 Å². The molecular weight excluding hydrogens is 376 g/mol. The van der Waals surface area contributed by atoms with Gasteiger partial charge in [-0.25, -0.2) is 0 Å². The van der Waals surface area contributed by atoms with Gasteiger partial charge in [-0.1, -0.05) is 19.8 Å². The SMILES string of the molecule is CCCC[C@H](c1cc(Br)c(Br)s1)N1CCNCC1. The lowest BCUT2D eigenvalue weighted by atomic mass is 10.1. The fraction of sp³-hybridized carbons (Fsp3) is 0.692. The molecule has 1 fully saturated rings. The second-order valence-electron chi connectivity index (χ2n) is 4.71. The van der Waals surface area contributed by atoms with E-state index in [4.69, 9.17) is 0 Å². The van der Waals surface area contributed by atoms with Crippen LogP contribution in [-0.2, 0) is 0 Å². The van der Waals surface area contributed by atoms with E-state index >= 15 is 0 Å². The predicted molar refractivity (Wildman–Crippen MR) is 86.4 cm³/mol. The summed E-state index contributed by atoms with van der Waals surface area (Å²) in [7, 11) is 0. The molecule has 2 rings (SSSR count). The topological polar surface area (TPSA) is 15.3 Å². The number of unbranched alkanes of at least 4 members (excludes halogenated alkanes) is 1. The summed E-state index contributed by atoms with van der Waals surface area (Å²) >= 11 is 9.10. The fourth-order valence-corrected chi connectivity index (χ4v) is 4.68. The van der Waals surface area contributed by atoms with Crippen molar-refractivity contribution in [1.29, 1.82) is 0 Å². The molecule has 102 valence electrons. The maximum atomic E-state index is 3.62. The highest BCUT2D eigenvalue weighted by molar-refractivity contribution is 9.13. The standard InChI is InChI=1S/C13H20Br2N2S/c1-2-3-4-11(17-7-5-16-6-8-17)12-9-10(14)13(15)18-12/h9,11,16H,2-8H2,1H3/t11-/m1/s1. The summed E-state index contributed by atoms with van der Waals surface area (Å²) in [5.41, 5.74) is 0. The first-order valence-electron chi connectivity index (χ1n) is 6.62. The van der Waals surface area contributed by atoms with Gasteiger partial charge in [-0.05, 0) is 44.3 Å². The van der Waals surface area contributed by atoms with Gasteiger partial charge in [0.05, 0.1) is 3.79 Å². The predicted octanol–water partition coefficient (Wildman–Crippen LogP) is 4.41. The third-order valence-electron chi connectivity index (χ3n) is 3.42. The van der Waals surface area contributed by atoms with E-state index in [1.165, 1.54) is 45.5 Å². The highest BCUT2D eigenvalue weighted by Gasteiger charge is 2.23. The van der Waals surface area contributed by atoms with E-state index in [1.807, 2.05) is 11.3 Å². The molecule has 0 aliphatic carbocycles. The van der Waals surface area contributed by atoms with Crippen LogP contribution >= 0.6 is 43.2 Å². The highest BCUT2D eigenvalue weighted by Crippen LogP contribution is 2.39. The third kappa shape index (κ3) is 3.79. The van der Waals surface area contributed by atoms with E-state index in [-0.39, 0.29) is 0 Å². The molecule has 1 saturated heterocycles. The number of rotatable bonds is 5. The summed E-state index contributed by atoms with van der Waals surface area (Å²) in [5.74, 6) is 0. The summed E-state index contributed by atoms with van der Waals surface area (Å²) in [6, 6.07) is 2.89. The normalized spacial score (nSPS) is 19.1. The van der Waals surface area contributed by atoms with E-state index in [2.05, 4.69) is 55.1 Å². The van der Waals surface area contributed by atoms with Gasteiger partial charge < -0.3 is 5.32 Å². The van der Waals surface area contributed by atoms with Gasteiger partial charge in [-0.3, -0.25) is 4.90 Å². The molecule has 0 bridgehead atoms. The van der Waals surface area contributed by atoms with Gasteiger partial charge in [0.15, 0.2) is 0 Å². The average Bonchev–Trinajstić information content (AvgIpc) is 2.71. The molecule has 1 aliphatic rings. The molecule has 0 saturated carbocycles. The molecule has 0 aromatic carbocycles. The van der Waals surface area contributed by atoms with Crippen molar-refractivity contribution in [3.63, 3.8) is 0 Å². The van der Waals surface area contributed by atoms with Crippen molar-refractivity contribution >= 4 is 43.2 Å². The zero-order chi connectivity index (χ0) is 13.0. The van der Waals surface area contributed by atoms with E-state index in [0.29, 0.717) is 6.04 Å². The maximum absolute atomic E-state index is 3.62. The molecule has 2 heterocycles. The van der Waals surface area contributed by atoms with Crippen LogP contribution in [0.4, 0.5) is 0 Å². The molecule has 0 spiro atoms. The summed E-state index contributed by atoms with van der Waals surface area (Å²) in [5, 5.41) is 3.44. The molecule has 2 nitrogen and oxygen atoms in total. The van der Waals surface area contributed by atoms with E-state index < -0.39 is 0 Å². The lowest BCUT2D eigenvalue weighted by Crippen LogP contribution is -2.45. The van der Waals surface area contributed by atoms with Crippen LogP contribution in [-0.4, -0.2) is 31.1 Å². The van der Waals surface area contributed by atoms with Crippen LogP contribution in [0.25, 0.3) is 0 Å². The second-order valence-corrected chi connectivity index (χ2v) is 7.97. The summed E-state index contributed by atoms with van der Waals surface area (Å²) in [6.07, 6.45) is 3.86. The molecule has 1 aliphatic heterocycles. The van der Waals surface area contributed by atoms with Crippen molar-refractivity contribution in [2.24, 2.45) is 0 Å². The Bertz CT molecular complexity index is 356. The average molecular weight is 396 g/mol. The largest absolute Gasteiger partial charge is 0.314 e. The van der Waals surface area contributed by atoms with Crippen molar-refractivity contribution in [1.82, 2.24) is 10.2 Å². The number of hydrogen-bond acceptors (Lipinski definition) is 3. The number of nitrogens with zero attached hydrogens (tertiary/aromatic N) is 1. The number of piperazine rings is 1. The van der Waals surface area contributed by atoms with Gasteiger partial charge in [0.1, 0.15) is 0 Å². The van der Waals surface area contributed by atoms with Crippen LogP contribution in [0.1, 0.15) is 37.1 Å². The van der Waals surface area contributed by atoms with Crippen molar-refractivity contribution < 1.29 is 0 Å². The molecule has 1 N–H and O–H groups in total. The van der Waals surface area contributed by atoms with Gasteiger partial charge in [-0.2, -0.15) is 0 Å². The first-order chi connectivity index (χ1) is 8.72. The van der Waals surface area contributed by atoms with Gasteiger partial charge in [0.25, 0.3) is 0 Å². The minimum absolute atomic E-state index is 0.597. The van der Waals surface area contributed by atoms with Crippen LogP contribution in [0.2, 0.25) is 0 Å². The number of hydrogen-bond donors (Lipinski definition) is 1. The Balaban J connectivity index is 2.12. The Kier molecular flexibility index (Phi) is 6.15. The Hall–Kier alpha value is 0.580. The van der Waals surface area contributed by atoms with Crippen LogP contribution < -0.4 is 5.32 Å². The first-order valence-corrected chi connectivity index (χ1v) is 9.02. The van der Waals surface area contributed by atoms with Crippen LogP contribution in [0.15, 0.2) is 14.3 Å². The molecular formula is C13H20Br2N2S. The zero-order valence-corrected chi connectivity index (χ0v) is 14.7. The summed E-state index contributed by atoms with van der Waals surface area (Å²) in [6.45, 7) is 6.85. The third-order valence-corrected chi connectivity index (χ3v) is 6.77. The van der Waals surface area contributed by atoms with E-state index in [1.54, 1.807) is 0 Å². The monoisotopic (exact) mass is 394 g/mol.